The maximum Gasteiger partial charge on any atom is 0.275 e. The third kappa shape index (κ3) is 2.27. The van der Waals surface area contributed by atoms with Crippen molar-refractivity contribution in [3.63, 3.8) is 0 Å². The zero-order chi connectivity index (χ0) is 16.0. The van der Waals surface area contributed by atoms with E-state index in [-0.39, 0.29) is 11.9 Å². The maximum absolute atomic E-state index is 12.6. The molecule has 0 aliphatic carbocycles. The molecule has 0 spiro atoms. The van der Waals surface area contributed by atoms with Crippen LogP contribution in [0.2, 0.25) is 0 Å². The summed E-state index contributed by atoms with van der Waals surface area (Å²) in [7, 11) is 0. The minimum Gasteiger partial charge on any atom is -0.387 e. The number of carbonyl (C=O) groups excluding carboxylic acids is 1. The lowest BCUT2D eigenvalue weighted by atomic mass is 10.1. The van der Waals surface area contributed by atoms with E-state index in [4.69, 9.17) is 0 Å². The number of aliphatic hydroxyl groups excluding tert-OH is 1. The maximum atomic E-state index is 12.6. The number of aromatic amines is 1. The van der Waals surface area contributed by atoms with Gasteiger partial charge in [0.15, 0.2) is 5.69 Å². The van der Waals surface area contributed by atoms with Crippen LogP contribution in [-0.2, 0) is 0 Å². The number of likely N-dealkylation sites (tertiary alicyclic amines) is 1. The second-order valence-corrected chi connectivity index (χ2v) is 5.78. The average molecular weight is 312 g/mol. The second-order valence-electron chi connectivity index (χ2n) is 5.78. The Morgan fingerprint density at radius 1 is 1.39 bits per heavy atom. The third-order valence-electron chi connectivity index (χ3n) is 4.15. The molecule has 118 valence electrons. The number of carbonyl (C=O) groups is 1. The predicted octanol–water partition coefficient (Wildman–Crippen LogP) is 0.905. The van der Waals surface area contributed by atoms with E-state index >= 15 is 0 Å². The Balaban J connectivity index is 1.48. The van der Waals surface area contributed by atoms with Crippen molar-refractivity contribution >= 4 is 16.8 Å². The minimum absolute atomic E-state index is 0.0872. The van der Waals surface area contributed by atoms with Crippen LogP contribution in [0.25, 0.3) is 10.9 Å². The summed E-state index contributed by atoms with van der Waals surface area (Å²) in [6, 6.07) is 7.66. The van der Waals surface area contributed by atoms with Crippen molar-refractivity contribution < 1.29 is 9.90 Å². The Hall–Kier alpha value is -2.74. The van der Waals surface area contributed by atoms with E-state index in [1.165, 1.54) is 0 Å². The summed E-state index contributed by atoms with van der Waals surface area (Å²) in [6.45, 7) is 2.76. The van der Waals surface area contributed by atoms with Gasteiger partial charge >= 0.3 is 0 Å². The molecule has 3 heterocycles. The van der Waals surface area contributed by atoms with Crippen molar-refractivity contribution in [1.29, 1.82) is 0 Å². The summed E-state index contributed by atoms with van der Waals surface area (Å²) < 4.78 is 1.70. The quantitative estimate of drug-likeness (QED) is 0.748. The number of hydrogen-bond donors (Lipinski definition) is 2. The van der Waals surface area contributed by atoms with Gasteiger partial charge in [-0.15, -0.1) is 5.10 Å². The van der Waals surface area contributed by atoms with E-state index in [0.717, 1.165) is 10.9 Å². The van der Waals surface area contributed by atoms with E-state index < -0.39 is 6.10 Å². The fourth-order valence-corrected chi connectivity index (χ4v) is 2.73. The van der Waals surface area contributed by atoms with Gasteiger partial charge in [0.1, 0.15) is 5.69 Å². The lowest BCUT2D eigenvalue weighted by Gasteiger charge is -2.38. The number of benzene rings is 1. The molecule has 1 unspecified atom stereocenters. The lowest BCUT2D eigenvalue weighted by Crippen LogP contribution is -2.51. The summed E-state index contributed by atoms with van der Waals surface area (Å²) in [5, 5.41) is 25.3. The number of nitrogens with zero attached hydrogens (tertiary/aromatic N) is 5. The Labute approximate surface area is 131 Å². The molecule has 8 nitrogen and oxygen atoms in total. The number of nitrogens with one attached hydrogen (secondary N) is 1. The molecule has 1 atom stereocenters. The number of aromatic nitrogens is 5. The molecule has 1 aliphatic rings. The predicted molar refractivity (Wildman–Crippen MR) is 81.7 cm³/mol. The van der Waals surface area contributed by atoms with Crippen molar-refractivity contribution in [3.05, 3.63) is 41.9 Å². The summed E-state index contributed by atoms with van der Waals surface area (Å²) in [4.78, 5) is 14.3. The first kappa shape index (κ1) is 13.9. The normalized spacial score (nSPS) is 16.5. The van der Waals surface area contributed by atoms with E-state index in [1.54, 1.807) is 22.7 Å². The molecule has 0 saturated carbocycles. The average Bonchev–Trinajstić information content (AvgIpc) is 3.12. The number of amides is 1. The summed E-state index contributed by atoms with van der Waals surface area (Å²) >= 11 is 0. The Morgan fingerprint density at radius 2 is 2.17 bits per heavy atom. The number of para-hydroxylation sites is 1. The second kappa shape index (κ2) is 5.17. The third-order valence-corrected chi connectivity index (χ3v) is 4.15. The van der Waals surface area contributed by atoms with Crippen LogP contribution in [0.3, 0.4) is 0 Å². The van der Waals surface area contributed by atoms with Gasteiger partial charge in [-0.25, -0.2) is 4.68 Å². The molecule has 1 fully saturated rings. The van der Waals surface area contributed by atoms with Crippen molar-refractivity contribution in [2.45, 2.75) is 19.1 Å². The number of hydrogen-bond acceptors (Lipinski definition) is 5. The molecule has 2 N–H and O–H groups in total. The Kier molecular flexibility index (Phi) is 3.12. The topological polar surface area (TPSA) is 99.9 Å². The molecule has 2 aromatic heterocycles. The first-order valence-corrected chi connectivity index (χ1v) is 7.45. The van der Waals surface area contributed by atoms with Gasteiger partial charge in [0.25, 0.3) is 5.91 Å². The van der Waals surface area contributed by atoms with Gasteiger partial charge in [-0.1, -0.05) is 23.4 Å². The number of fused-ring (bicyclic) bond motifs is 1. The van der Waals surface area contributed by atoms with E-state index in [2.05, 4.69) is 20.5 Å². The van der Waals surface area contributed by atoms with Crippen LogP contribution < -0.4 is 0 Å². The molecule has 0 bridgehead atoms. The van der Waals surface area contributed by atoms with Gasteiger partial charge in [-0.3, -0.25) is 9.89 Å². The zero-order valence-electron chi connectivity index (χ0n) is 12.5. The first-order chi connectivity index (χ1) is 11.1. The highest BCUT2D eigenvalue weighted by atomic mass is 16.3. The number of H-pyrrole nitrogens is 1. The molecule has 1 saturated heterocycles. The van der Waals surface area contributed by atoms with E-state index in [0.29, 0.717) is 24.5 Å². The van der Waals surface area contributed by atoms with Crippen LogP contribution in [0, 0.1) is 0 Å². The summed E-state index contributed by atoms with van der Waals surface area (Å²) in [5.41, 5.74) is 1.83. The first-order valence-electron chi connectivity index (χ1n) is 7.45. The highest BCUT2D eigenvalue weighted by Crippen LogP contribution is 2.25. The van der Waals surface area contributed by atoms with Gasteiger partial charge in [0.05, 0.1) is 23.9 Å². The molecular formula is C15H16N6O2. The van der Waals surface area contributed by atoms with Gasteiger partial charge in [-0.2, -0.15) is 5.10 Å². The molecule has 1 aliphatic heterocycles. The Morgan fingerprint density at radius 3 is 2.91 bits per heavy atom. The minimum atomic E-state index is -0.642. The van der Waals surface area contributed by atoms with Crippen LogP contribution in [0.5, 0.6) is 0 Å². The molecule has 3 aromatic rings. The summed E-state index contributed by atoms with van der Waals surface area (Å²) in [6.07, 6.45) is 1.08. The molecule has 1 aromatic carbocycles. The van der Waals surface area contributed by atoms with Crippen LogP contribution in [0.4, 0.5) is 0 Å². The van der Waals surface area contributed by atoms with Crippen molar-refractivity contribution in [2.75, 3.05) is 13.1 Å². The van der Waals surface area contributed by atoms with E-state index in [9.17, 15) is 9.90 Å². The van der Waals surface area contributed by atoms with E-state index in [1.807, 2.05) is 24.3 Å². The highest BCUT2D eigenvalue weighted by Gasteiger charge is 2.35. The largest absolute Gasteiger partial charge is 0.387 e. The standard InChI is InChI=1S/C15H16N6O2/c1-9(22)13-8-21(19-17-13)10-6-20(7-10)15(23)14-11-4-2-3-5-12(11)16-18-14/h2-5,8-10,22H,6-7H2,1H3,(H,16,18). The van der Waals surface area contributed by atoms with Gasteiger partial charge in [-0.05, 0) is 13.0 Å². The SMILES string of the molecule is CC(O)c1cn(C2CN(C(=O)c3n[nH]c4ccccc34)C2)nn1. The molecule has 0 radical (unpaired) electrons. The molecule has 23 heavy (non-hydrogen) atoms. The van der Waals surface area contributed by atoms with Crippen LogP contribution >= 0.6 is 0 Å². The summed E-state index contributed by atoms with van der Waals surface area (Å²) in [5.74, 6) is -0.0884. The lowest BCUT2D eigenvalue weighted by molar-refractivity contribution is 0.0494. The fourth-order valence-electron chi connectivity index (χ4n) is 2.73. The molecule has 1 amide bonds. The smallest absolute Gasteiger partial charge is 0.275 e. The monoisotopic (exact) mass is 312 g/mol. The molecule has 8 heteroatoms. The Bertz CT molecular complexity index is 862. The number of rotatable bonds is 3. The van der Waals surface area contributed by atoms with Gasteiger partial charge in [0.2, 0.25) is 0 Å². The number of aliphatic hydroxyl groups is 1. The van der Waals surface area contributed by atoms with Crippen molar-refractivity contribution in [3.8, 4) is 0 Å². The molecule has 4 rings (SSSR count). The van der Waals surface area contributed by atoms with Gasteiger partial charge in [0, 0.05) is 18.5 Å². The van der Waals surface area contributed by atoms with Crippen molar-refractivity contribution in [2.24, 2.45) is 0 Å². The molecular weight excluding hydrogens is 296 g/mol. The fraction of sp³-hybridized carbons (Fsp3) is 0.333. The highest BCUT2D eigenvalue weighted by molar-refractivity contribution is 6.04. The van der Waals surface area contributed by atoms with Gasteiger partial charge < -0.3 is 10.0 Å². The zero-order valence-corrected chi connectivity index (χ0v) is 12.5. The van der Waals surface area contributed by atoms with Crippen LogP contribution in [-0.4, -0.2) is 54.2 Å². The van der Waals surface area contributed by atoms with Crippen LogP contribution in [0.1, 0.15) is 35.3 Å². The van der Waals surface area contributed by atoms with Crippen molar-refractivity contribution in [1.82, 2.24) is 30.1 Å². The van der Waals surface area contributed by atoms with Crippen LogP contribution in [0.15, 0.2) is 30.5 Å².